The van der Waals surface area contributed by atoms with E-state index in [1.165, 1.54) is 0 Å². The van der Waals surface area contributed by atoms with Gasteiger partial charge in [0, 0.05) is 17.3 Å². The number of fused-ring (bicyclic) bond motifs is 1. The first-order valence-corrected chi connectivity index (χ1v) is 11.9. The maximum Gasteiger partial charge on any atom is 0.408 e. The highest BCUT2D eigenvalue weighted by Gasteiger charge is 2.41. The van der Waals surface area contributed by atoms with Crippen molar-refractivity contribution < 1.29 is 9.53 Å². The Balaban J connectivity index is 1.53. The van der Waals surface area contributed by atoms with Crippen LogP contribution in [0.1, 0.15) is 45.6 Å². The Labute approximate surface area is 205 Å². The van der Waals surface area contributed by atoms with Crippen LogP contribution in [-0.4, -0.2) is 21.1 Å². The van der Waals surface area contributed by atoms with Gasteiger partial charge in [0.1, 0.15) is 11.2 Å². The predicted molar refractivity (Wildman–Crippen MR) is 137 cm³/mol. The smallest absolute Gasteiger partial charge is 0.408 e. The normalized spacial score (nSPS) is 14.7. The van der Waals surface area contributed by atoms with E-state index in [2.05, 4.69) is 46.6 Å². The number of carbonyl (C=O) groups excluding carboxylic acids is 1. The highest BCUT2D eigenvalue weighted by Crippen LogP contribution is 2.42. The molecule has 1 saturated carbocycles. The van der Waals surface area contributed by atoms with Crippen molar-refractivity contribution in [2.45, 2.75) is 51.2 Å². The molecular weight excluding hydrogens is 436 g/mol. The Kier molecular flexibility index (Phi) is 5.56. The molecule has 2 aromatic heterocycles. The van der Waals surface area contributed by atoms with Crippen molar-refractivity contribution in [2.75, 3.05) is 0 Å². The van der Waals surface area contributed by atoms with E-state index in [-0.39, 0.29) is 6.09 Å². The molecule has 6 nitrogen and oxygen atoms in total. The van der Waals surface area contributed by atoms with Crippen molar-refractivity contribution in [1.29, 1.82) is 0 Å². The minimum absolute atomic E-state index is 0.386. The molecule has 1 amide bonds. The summed E-state index contributed by atoms with van der Waals surface area (Å²) in [6.07, 6.45) is 4.28. The van der Waals surface area contributed by atoms with Gasteiger partial charge < -0.3 is 14.5 Å². The van der Waals surface area contributed by atoms with Gasteiger partial charge in [0.25, 0.3) is 0 Å². The van der Waals surface area contributed by atoms with E-state index in [0.29, 0.717) is 5.69 Å². The van der Waals surface area contributed by atoms with Crippen LogP contribution < -0.4 is 5.32 Å². The number of amides is 1. The first-order chi connectivity index (χ1) is 16.8. The van der Waals surface area contributed by atoms with E-state index in [1.54, 1.807) is 6.07 Å². The second kappa shape index (κ2) is 8.59. The van der Waals surface area contributed by atoms with Gasteiger partial charge in [-0.25, -0.2) is 14.6 Å². The fraction of sp³-hybridized carbons (Fsp3) is 0.276. The Hall–Kier alpha value is -4.11. The SMILES string of the molecule is [C-]#[N+]c1ccc2nc(-c3ccc(C4(NC(=O)OC(C)(C)C)CCC4)cc3)c(-c3ccccc3)n2c1. The highest BCUT2D eigenvalue weighted by molar-refractivity contribution is 5.82. The minimum atomic E-state index is -0.539. The first-order valence-electron chi connectivity index (χ1n) is 11.9. The van der Waals surface area contributed by atoms with Crippen molar-refractivity contribution in [3.8, 4) is 22.5 Å². The number of hydrogen-bond acceptors (Lipinski definition) is 3. The van der Waals surface area contributed by atoms with Crippen LogP contribution in [0, 0.1) is 6.57 Å². The van der Waals surface area contributed by atoms with E-state index >= 15 is 0 Å². The lowest BCUT2D eigenvalue weighted by atomic mass is 9.71. The Morgan fingerprint density at radius 2 is 1.74 bits per heavy atom. The first kappa shape index (κ1) is 22.7. The molecule has 5 rings (SSSR count). The molecule has 1 fully saturated rings. The molecule has 2 aromatic carbocycles. The van der Waals surface area contributed by atoms with Gasteiger partial charge in [-0.2, -0.15) is 0 Å². The van der Waals surface area contributed by atoms with Gasteiger partial charge in [0.15, 0.2) is 0 Å². The molecule has 1 aliphatic carbocycles. The molecule has 35 heavy (non-hydrogen) atoms. The molecule has 0 unspecified atom stereocenters. The fourth-order valence-electron chi connectivity index (χ4n) is 4.63. The van der Waals surface area contributed by atoms with Gasteiger partial charge in [-0.1, -0.05) is 60.7 Å². The number of carbonyl (C=O) groups is 1. The zero-order chi connectivity index (χ0) is 24.6. The number of benzene rings is 2. The Morgan fingerprint density at radius 1 is 1.03 bits per heavy atom. The summed E-state index contributed by atoms with van der Waals surface area (Å²) in [5, 5.41) is 3.12. The maximum absolute atomic E-state index is 12.5. The number of aromatic nitrogens is 2. The lowest BCUT2D eigenvalue weighted by molar-refractivity contribution is 0.0377. The van der Waals surface area contributed by atoms with Crippen molar-refractivity contribution >= 4 is 17.4 Å². The van der Waals surface area contributed by atoms with Crippen LogP contribution in [0.15, 0.2) is 72.9 Å². The van der Waals surface area contributed by atoms with Gasteiger partial charge in [0.2, 0.25) is 5.69 Å². The zero-order valence-corrected chi connectivity index (χ0v) is 20.2. The number of ether oxygens (including phenoxy) is 1. The van der Waals surface area contributed by atoms with Crippen molar-refractivity contribution in [1.82, 2.24) is 14.7 Å². The van der Waals surface area contributed by atoms with Gasteiger partial charge in [-0.3, -0.25) is 0 Å². The highest BCUT2D eigenvalue weighted by atomic mass is 16.6. The number of imidazole rings is 1. The molecular formula is C29H28N4O2. The van der Waals surface area contributed by atoms with Gasteiger partial charge in [0.05, 0.1) is 23.5 Å². The van der Waals surface area contributed by atoms with Crippen LogP contribution in [0.5, 0.6) is 0 Å². The third-order valence-corrected chi connectivity index (χ3v) is 6.44. The fourth-order valence-corrected chi connectivity index (χ4v) is 4.63. The number of hydrogen-bond donors (Lipinski definition) is 1. The van der Waals surface area contributed by atoms with E-state index in [1.807, 2.05) is 55.6 Å². The third kappa shape index (κ3) is 4.38. The number of nitrogens with one attached hydrogen (secondary N) is 1. The summed E-state index contributed by atoms with van der Waals surface area (Å²) in [5.41, 5.74) is 5.30. The molecule has 1 N–H and O–H groups in total. The topological polar surface area (TPSA) is 60.0 Å². The van der Waals surface area contributed by atoms with Crippen LogP contribution in [0.3, 0.4) is 0 Å². The summed E-state index contributed by atoms with van der Waals surface area (Å²) in [6, 6.07) is 22.1. The average molecular weight is 465 g/mol. The van der Waals surface area contributed by atoms with E-state index in [0.717, 1.165) is 53.0 Å². The molecule has 0 radical (unpaired) electrons. The van der Waals surface area contributed by atoms with Crippen molar-refractivity contribution in [3.63, 3.8) is 0 Å². The summed E-state index contributed by atoms with van der Waals surface area (Å²) in [7, 11) is 0. The predicted octanol–water partition coefficient (Wildman–Crippen LogP) is 7.12. The van der Waals surface area contributed by atoms with Gasteiger partial charge in [-0.05, 0) is 51.7 Å². The van der Waals surface area contributed by atoms with Crippen molar-refractivity contribution in [3.05, 3.63) is 89.9 Å². The number of alkyl carbamates (subject to hydrolysis) is 1. The van der Waals surface area contributed by atoms with Crippen LogP contribution in [0.2, 0.25) is 0 Å². The van der Waals surface area contributed by atoms with Gasteiger partial charge in [-0.15, -0.1) is 0 Å². The van der Waals surface area contributed by atoms with Crippen LogP contribution in [0.4, 0.5) is 10.5 Å². The van der Waals surface area contributed by atoms with Crippen LogP contribution in [-0.2, 0) is 10.3 Å². The van der Waals surface area contributed by atoms with E-state index in [9.17, 15) is 4.79 Å². The minimum Gasteiger partial charge on any atom is -0.444 e. The molecule has 0 aliphatic heterocycles. The lowest BCUT2D eigenvalue weighted by Gasteiger charge is -2.43. The zero-order valence-electron chi connectivity index (χ0n) is 20.2. The molecule has 0 bridgehead atoms. The molecule has 176 valence electrons. The van der Waals surface area contributed by atoms with Crippen LogP contribution in [0.25, 0.3) is 33.0 Å². The Morgan fingerprint density at radius 3 is 2.34 bits per heavy atom. The second-order valence-electron chi connectivity index (χ2n) is 10.0. The Bertz CT molecular complexity index is 1420. The van der Waals surface area contributed by atoms with Crippen LogP contribution >= 0.6 is 0 Å². The third-order valence-electron chi connectivity index (χ3n) is 6.44. The quantitative estimate of drug-likeness (QED) is 0.327. The molecule has 6 heteroatoms. The molecule has 1 aliphatic rings. The summed E-state index contributed by atoms with van der Waals surface area (Å²) in [5.74, 6) is 0. The average Bonchev–Trinajstić information content (AvgIpc) is 3.19. The molecule has 0 spiro atoms. The van der Waals surface area contributed by atoms with E-state index < -0.39 is 11.1 Å². The largest absolute Gasteiger partial charge is 0.444 e. The molecule has 0 saturated heterocycles. The monoisotopic (exact) mass is 464 g/mol. The maximum atomic E-state index is 12.5. The molecule has 2 heterocycles. The summed E-state index contributed by atoms with van der Waals surface area (Å²) in [4.78, 5) is 21.0. The number of pyridine rings is 1. The molecule has 4 aromatic rings. The number of nitrogens with zero attached hydrogens (tertiary/aromatic N) is 3. The number of rotatable bonds is 4. The van der Waals surface area contributed by atoms with Gasteiger partial charge >= 0.3 is 6.09 Å². The van der Waals surface area contributed by atoms with Crippen molar-refractivity contribution in [2.24, 2.45) is 0 Å². The van der Waals surface area contributed by atoms with E-state index in [4.69, 9.17) is 16.3 Å². The summed E-state index contributed by atoms with van der Waals surface area (Å²) < 4.78 is 7.51. The second-order valence-corrected chi connectivity index (χ2v) is 10.0. The molecule has 0 atom stereocenters. The lowest BCUT2D eigenvalue weighted by Crippen LogP contribution is -2.52. The summed E-state index contributed by atoms with van der Waals surface area (Å²) in [6.45, 7) is 13.0. The summed E-state index contributed by atoms with van der Waals surface area (Å²) >= 11 is 0. The standard InChI is InChI=1S/C29H28N4O2/c1-28(2,3)35-27(34)32-29(17-8-18-29)22-13-11-20(12-14-22)25-26(21-9-6-5-7-10-21)33-19-23(30-4)15-16-24(33)31-25/h5-7,9-16,19H,8,17-18H2,1-3H3,(H,32,34).